The predicted octanol–water partition coefficient (Wildman–Crippen LogP) is 3.68. The van der Waals surface area contributed by atoms with Crippen molar-refractivity contribution in [1.29, 1.82) is 0 Å². The quantitative estimate of drug-likeness (QED) is 0.563. The molecule has 0 aliphatic heterocycles. The van der Waals surface area contributed by atoms with Crippen LogP contribution in [0.1, 0.15) is 19.2 Å². The number of benzene rings is 2. The molecule has 109 valence electrons. The van der Waals surface area contributed by atoms with Gasteiger partial charge in [-0.3, -0.25) is 4.98 Å². The second-order valence-corrected chi connectivity index (χ2v) is 4.63. The van der Waals surface area contributed by atoms with Crippen molar-refractivity contribution in [2.24, 2.45) is 0 Å². The van der Waals surface area contributed by atoms with Crippen molar-refractivity contribution >= 4 is 0 Å². The summed E-state index contributed by atoms with van der Waals surface area (Å²) in [5.74, 6) is 1.73. The minimum atomic E-state index is 0. The zero-order valence-electron chi connectivity index (χ0n) is 11.8. The minimum Gasteiger partial charge on any atom is -0.261 e. The first-order valence-electron chi connectivity index (χ1n) is 6.87. The van der Waals surface area contributed by atoms with Gasteiger partial charge < -0.3 is 0 Å². The Hall–Kier alpha value is -1.77. The third-order valence-electron chi connectivity index (χ3n) is 3.10. The van der Waals surface area contributed by atoms with Crippen molar-refractivity contribution in [2.45, 2.75) is 19.8 Å². The Kier molecular flexibility index (Phi) is 5.43. The van der Waals surface area contributed by atoms with Crippen molar-refractivity contribution in [3.8, 4) is 17.1 Å². The molecule has 1 heterocycles. The van der Waals surface area contributed by atoms with Gasteiger partial charge in [0.2, 0.25) is 0 Å². The van der Waals surface area contributed by atoms with Gasteiger partial charge in [-0.25, -0.2) is 4.68 Å². The van der Waals surface area contributed by atoms with E-state index in [0.29, 0.717) is 0 Å². The SMILES string of the molecule is CCCc1nc(-c2[c-]cccc2)nn1-c1ccccc1.[Ir]. The zero-order valence-corrected chi connectivity index (χ0v) is 14.2. The third-order valence-corrected chi connectivity index (χ3v) is 3.10. The summed E-state index contributed by atoms with van der Waals surface area (Å²) in [6.45, 7) is 2.15. The molecule has 0 atom stereocenters. The monoisotopic (exact) mass is 455 g/mol. The van der Waals surface area contributed by atoms with Crippen LogP contribution in [0.4, 0.5) is 0 Å². The second kappa shape index (κ2) is 7.30. The molecule has 0 bridgehead atoms. The van der Waals surface area contributed by atoms with Crippen molar-refractivity contribution in [3.63, 3.8) is 0 Å². The molecular formula is C17H16IrN3-. The molecule has 0 unspecified atom stereocenters. The van der Waals surface area contributed by atoms with Gasteiger partial charge in [-0.2, -0.15) is 5.10 Å². The first kappa shape index (κ1) is 15.6. The molecule has 3 nitrogen and oxygen atoms in total. The van der Waals surface area contributed by atoms with Crippen LogP contribution >= 0.6 is 0 Å². The molecule has 0 fully saturated rings. The van der Waals surface area contributed by atoms with Gasteiger partial charge in [0.25, 0.3) is 0 Å². The largest absolute Gasteiger partial charge is 0.261 e. The van der Waals surface area contributed by atoms with Crippen LogP contribution in [0.15, 0.2) is 54.6 Å². The van der Waals surface area contributed by atoms with E-state index in [0.717, 1.165) is 35.7 Å². The Balaban J connectivity index is 0.00000161. The Morgan fingerprint density at radius 1 is 1.05 bits per heavy atom. The van der Waals surface area contributed by atoms with Crippen LogP contribution in [-0.4, -0.2) is 14.8 Å². The average molecular weight is 455 g/mol. The number of rotatable bonds is 4. The van der Waals surface area contributed by atoms with Crippen molar-refractivity contribution in [2.75, 3.05) is 0 Å². The van der Waals surface area contributed by atoms with Gasteiger partial charge in [0.1, 0.15) is 5.82 Å². The molecule has 21 heavy (non-hydrogen) atoms. The summed E-state index contributed by atoms with van der Waals surface area (Å²) in [5, 5.41) is 4.64. The number of aromatic nitrogens is 3. The zero-order chi connectivity index (χ0) is 13.8. The standard InChI is InChI=1S/C17H16N3.Ir/c1-2-9-16-18-17(14-10-5-3-6-11-14)19-20(16)15-12-7-4-8-13-15;/h3-8,10,12-13H,2,9H2,1H3;/q-1;. The topological polar surface area (TPSA) is 30.7 Å². The predicted molar refractivity (Wildman–Crippen MR) is 79.6 cm³/mol. The number of aryl methyl sites for hydroxylation is 1. The van der Waals surface area contributed by atoms with Gasteiger partial charge in [-0.15, -0.1) is 35.9 Å². The van der Waals surface area contributed by atoms with E-state index >= 15 is 0 Å². The van der Waals surface area contributed by atoms with E-state index in [2.05, 4.69) is 23.1 Å². The first-order chi connectivity index (χ1) is 9.88. The van der Waals surface area contributed by atoms with E-state index in [4.69, 9.17) is 0 Å². The fraction of sp³-hybridized carbons (Fsp3) is 0.176. The maximum atomic E-state index is 4.67. The maximum Gasteiger partial charge on any atom is 0.122 e. The van der Waals surface area contributed by atoms with Gasteiger partial charge in [0.05, 0.1) is 11.5 Å². The van der Waals surface area contributed by atoms with Crippen LogP contribution in [0.2, 0.25) is 0 Å². The number of nitrogens with zero attached hydrogens (tertiary/aromatic N) is 3. The van der Waals surface area contributed by atoms with Crippen LogP contribution < -0.4 is 0 Å². The van der Waals surface area contributed by atoms with Crippen molar-refractivity contribution in [1.82, 2.24) is 14.8 Å². The summed E-state index contributed by atoms with van der Waals surface area (Å²) in [4.78, 5) is 4.67. The van der Waals surface area contributed by atoms with E-state index in [1.54, 1.807) is 0 Å². The second-order valence-electron chi connectivity index (χ2n) is 4.63. The summed E-state index contributed by atoms with van der Waals surface area (Å²) < 4.78 is 1.93. The Bertz CT molecular complexity index is 678. The average Bonchev–Trinajstić information content (AvgIpc) is 2.94. The van der Waals surface area contributed by atoms with Gasteiger partial charge in [0, 0.05) is 26.5 Å². The smallest absolute Gasteiger partial charge is 0.122 e. The van der Waals surface area contributed by atoms with Gasteiger partial charge in [-0.1, -0.05) is 25.1 Å². The minimum absolute atomic E-state index is 0. The molecule has 0 spiro atoms. The fourth-order valence-corrected chi connectivity index (χ4v) is 2.15. The maximum absolute atomic E-state index is 4.67. The summed E-state index contributed by atoms with van der Waals surface area (Å²) >= 11 is 0. The molecule has 0 N–H and O–H groups in total. The normalized spacial score (nSPS) is 10.1. The summed E-state index contributed by atoms with van der Waals surface area (Å²) in [7, 11) is 0. The molecule has 0 aliphatic carbocycles. The Morgan fingerprint density at radius 2 is 1.81 bits per heavy atom. The van der Waals surface area contributed by atoms with Crippen molar-refractivity contribution in [3.05, 3.63) is 66.5 Å². The van der Waals surface area contributed by atoms with Gasteiger partial charge >= 0.3 is 0 Å². The number of hydrogen-bond donors (Lipinski definition) is 0. The molecule has 3 rings (SSSR count). The van der Waals surface area contributed by atoms with Crippen LogP contribution in [-0.2, 0) is 26.5 Å². The van der Waals surface area contributed by atoms with E-state index in [-0.39, 0.29) is 20.1 Å². The van der Waals surface area contributed by atoms with Crippen molar-refractivity contribution < 1.29 is 20.1 Å². The Labute approximate surface area is 138 Å². The molecule has 0 saturated heterocycles. The Morgan fingerprint density at radius 3 is 2.48 bits per heavy atom. The van der Waals surface area contributed by atoms with Crippen LogP contribution in [0, 0.1) is 6.07 Å². The van der Waals surface area contributed by atoms with Crippen LogP contribution in [0.5, 0.6) is 0 Å². The molecule has 0 aliphatic rings. The number of para-hydroxylation sites is 1. The summed E-state index contributed by atoms with van der Waals surface area (Å²) in [5.41, 5.74) is 1.98. The molecule has 2 aromatic carbocycles. The molecular weight excluding hydrogens is 438 g/mol. The van der Waals surface area contributed by atoms with E-state index < -0.39 is 0 Å². The third kappa shape index (κ3) is 3.46. The molecule has 3 aromatic rings. The van der Waals surface area contributed by atoms with E-state index in [9.17, 15) is 0 Å². The number of hydrogen-bond acceptors (Lipinski definition) is 2. The van der Waals surface area contributed by atoms with Gasteiger partial charge in [0.15, 0.2) is 0 Å². The van der Waals surface area contributed by atoms with Crippen LogP contribution in [0.25, 0.3) is 17.1 Å². The molecule has 0 saturated carbocycles. The van der Waals surface area contributed by atoms with Gasteiger partial charge in [-0.05, 0) is 18.6 Å². The molecule has 0 amide bonds. The first-order valence-corrected chi connectivity index (χ1v) is 6.87. The van der Waals surface area contributed by atoms with Crippen LogP contribution in [0.3, 0.4) is 0 Å². The molecule has 1 aromatic heterocycles. The summed E-state index contributed by atoms with van der Waals surface area (Å²) in [6, 6.07) is 21.1. The molecule has 4 heteroatoms. The van der Waals surface area contributed by atoms with E-state index in [1.165, 1.54) is 0 Å². The molecule has 1 radical (unpaired) electrons. The summed E-state index contributed by atoms with van der Waals surface area (Å²) in [6.07, 6.45) is 1.96. The van der Waals surface area contributed by atoms with E-state index in [1.807, 2.05) is 59.3 Å². The fourth-order valence-electron chi connectivity index (χ4n) is 2.15.